The molecule has 12 heteroatoms. The lowest BCUT2D eigenvalue weighted by molar-refractivity contribution is -0.134. The molecule has 1 aliphatic rings. The second-order valence-electron chi connectivity index (χ2n) is 4.56. The third-order valence-corrected chi connectivity index (χ3v) is 4.31. The molecule has 2 rings (SSSR count). The molecule has 2 atom stereocenters. The number of halogens is 2. The van der Waals surface area contributed by atoms with Crippen LogP contribution in [-0.2, 0) is 19.2 Å². The van der Waals surface area contributed by atoms with Gasteiger partial charge in [0.1, 0.15) is 24.7 Å². The van der Waals surface area contributed by atoms with Crippen molar-refractivity contribution in [2.24, 2.45) is 5.16 Å². The maximum Gasteiger partial charge on any atom is 0.276 e. The van der Waals surface area contributed by atoms with Crippen molar-refractivity contribution in [3.63, 3.8) is 0 Å². The van der Waals surface area contributed by atoms with Gasteiger partial charge < -0.3 is 20.8 Å². The fourth-order valence-corrected chi connectivity index (χ4v) is 2.87. The Balaban J connectivity index is 2.11. The van der Waals surface area contributed by atoms with E-state index in [-0.39, 0.29) is 40.2 Å². The van der Waals surface area contributed by atoms with E-state index >= 15 is 0 Å². The molecule has 1 saturated heterocycles. The summed E-state index contributed by atoms with van der Waals surface area (Å²) in [7, 11) is 1.27. The summed E-state index contributed by atoms with van der Waals surface area (Å²) in [5.74, 6) is -1.46. The molecule has 1 aromatic heterocycles. The van der Waals surface area contributed by atoms with E-state index in [9.17, 15) is 14.4 Å². The van der Waals surface area contributed by atoms with Crippen LogP contribution in [0.4, 0.5) is 5.13 Å². The summed E-state index contributed by atoms with van der Waals surface area (Å²) in [6.45, 7) is 0. The first-order valence-electron chi connectivity index (χ1n) is 6.60. The highest BCUT2D eigenvalue weighted by Crippen LogP contribution is 2.17. The normalized spacial score (nSPS) is 20.0. The van der Waals surface area contributed by atoms with Gasteiger partial charge in [0, 0.05) is 11.3 Å². The lowest BCUT2D eigenvalue weighted by Crippen LogP contribution is -2.70. The SMILES string of the molecule is CON=C(C(=O)NC1C(=O)NC1CCl)c1csc(NC(=O)CCl)n1. The molecule has 2 heterocycles. The molecule has 9 nitrogen and oxygen atoms in total. The predicted molar refractivity (Wildman–Crippen MR) is 89.6 cm³/mol. The number of hydrogen-bond donors (Lipinski definition) is 3. The van der Waals surface area contributed by atoms with Gasteiger partial charge in [-0.3, -0.25) is 14.4 Å². The first-order chi connectivity index (χ1) is 11.5. The number of oxime groups is 1. The summed E-state index contributed by atoms with van der Waals surface area (Å²) in [5.41, 5.74) is 0.0551. The minimum atomic E-state index is -0.744. The molecule has 0 radical (unpaired) electrons. The molecule has 0 bridgehead atoms. The minimum Gasteiger partial charge on any atom is -0.398 e. The smallest absolute Gasteiger partial charge is 0.276 e. The molecule has 3 amide bonds. The number of carbonyl (C=O) groups excluding carboxylic acids is 3. The lowest BCUT2D eigenvalue weighted by atomic mass is 10.0. The van der Waals surface area contributed by atoms with Gasteiger partial charge in [0.2, 0.25) is 11.8 Å². The quantitative estimate of drug-likeness (QED) is 0.258. The fraction of sp³-hybridized carbons (Fsp3) is 0.417. The van der Waals surface area contributed by atoms with Gasteiger partial charge in [-0.2, -0.15) is 0 Å². The molecular formula is C12H13Cl2N5O4S. The molecule has 24 heavy (non-hydrogen) atoms. The van der Waals surface area contributed by atoms with Crippen LogP contribution in [0.3, 0.4) is 0 Å². The average molecular weight is 394 g/mol. The van der Waals surface area contributed by atoms with Gasteiger partial charge in [-0.15, -0.1) is 34.5 Å². The van der Waals surface area contributed by atoms with Crippen molar-refractivity contribution in [1.29, 1.82) is 0 Å². The molecule has 2 unspecified atom stereocenters. The van der Waals surface area contributed by atoms with Gasteiger partial charge in [-0.05, 0) is 0 Å². The highest BCUT2D eigenvalue weighted by atomic mass is 35.5. The number of alkyl halides is 2. The van der Waals surface area contributed by atoms with Crippen LogP contribution < -0.4 is 16.0 Å². The van der Waals surface area contributed by atoms with E-state index < -0.39 is 17.9 Å². The summed E-state index contributed by atoms with van der Waals surface area (Å²) < 4.78 is 0. The van der Waals surface area contributed by atoms with Crippen LogP contribution in [0.25, 0.3) is 0 Å². The maximum atomic E-state index is 12.3. The Morgan fingerprint density at radius 1 is 1.50 bits per heavy atom. The molecule has 0 spiro atoms. The Bertz CT molecular complexity index is 680. The van der Waals surface area contributed by atoms with Crippen molar-refractivity contribution < 1.29 is 19.2 Å². The van der Waals surface area contributed by atoms with Gasteiger partial charge >= 0.3 is 0 Å². The number of carbonyl (C=O) groups is 3. The van der Waals surface area contributed by atoms with E-state index in [0.29, 0.717) is 0 Å². The van der Waals surface area contributed by atoms with Crippen molar-refractivity contribution >= 4 is 63.1 Å². The molecule has 0 aromatic carbocycles. The molecule has 1 fully saturated rings. The van der Waals surface area contributed by atoms with Crippen LogP contribution in [-0.4, -0.2) is 59.4 Å². The monoisotopic (exact) mass is 393 g/mol. The van der Waals surface area contributed by atoms with Crippen molar-refractivity contribution in [3.05, 3.63) is 11.1 Å². The van der Waals surface area contributed by atoms with Gasteiger partial charge in [0.15, 0.2) is 10.8 Å². The van der Waals surface area contributed by atoms with Gasteiger partial charge in [0.25, 0.3) is 5.91 Å². The van der Waals surface area contributed by atoms with Crippen LogP contribution in [0, 0.1) is 0 Å². The lowest BCUT2D eigenvalue weighted by Gasteiger charge is -2.35. The summed E-state index contributed by atoms with van der Waals surface area (Å²) in [6.07, 6.45) is 0. The van der Waals surface area contributed by atoms with Crippen LogP contribution in [0.2, 0.25) is 0 Å². The predicted octanol–water partition coefficient (Wildman–Crippen LogP) is -0.107. The van der Waals surface area contributed by atoms with Gasteiger partial charge in [0.05, 0.1) is 6.04 Å². The van der Waals surface area contributed by atoms with Crippen molar-refractivity contribution in [3.8, 4) is 0 Å². The maximum absolute atomic E-state index is 12.3. The number of amides is 3. The number of hydrogen-bond acceptors (Lipinski definition) is 7. The average Bonchev–Trinajstić information content (AvgIpc) is 3.02. The summed E-state index contributed by atoms with van der Waals surface area (Å²) in [4.78, 5) is 43.8. The number of β-lactam (4-membered cyclic amide) rings is 1. The first kappa shape index (κ1) is 18.4. The molecule has 0 saturated carbocycles. The number of aromatic nitrogens is 1. The second kappa shape index (κ2) is 8.27. The van der Waals surface area contributed by atoms with E-state index in [1.54, 1.807) is 0 Å². The summed E-state index contributed by atoms with van der Waals surface area (Å²) in [5, 5.41) is 13.0. The van der Waals surface area contributed by atoms with Crippen LogP contribution >= 0.6 is 34.5 Å². The van der Waals surface area contributed by atoms with E-state index in [0.717, 1.165) is 11.3 Å². The van der Waals surface area contributed by atoms with E-state index in [2.05, 4.69) is 30.9 Å². The summed E-state index contributed by atoms with van der Waals surface area (Å²) in [6, 6.07) is -1.09. The molecule has 130 valence electrons. The summed E-state index contributed by atoms with van der Waals surface area (Å²) >= 11 is 12.2. The van der Waals surface area contributed by atoms with Crippen LogP contribution in [0.1, 0.15) is 5.69 Å². The number of nitrogens with zero attached hydrogens (tertiary/aromatic N) is 2. The standard InChI is InChI=1S/C12H13Cl2N5O4S/c1-23-19-9(6-4-24-12(16-6)17-7(20)3-14)11(22)18-8-5(2-13)15-10(8)21/h4-5,8H,2-3H2,1H3,(H,15,21)(H,18,22)(H,16,17,20). The Morgan fingerprint density at radius 2 is 2.25 bits per heavy atom. The van der Waals surface area contributed by atoms with Crippen molar-refractivity contribution in [1.82, 2.24) is 15.6 Å². The minimum absolute atomic E-state index is 0.131. The van der Waals surface area contributed by atoms with Crippen molar-refractivity contribution in [2.75, 3.05) is 24.2 Å². The first-order valence-corrected chi connectivity index (χ1v) is 8.55. The highest BCUT2D eigenvalue weighted by molar-refractivity contribution is 7.14. The zero-order valence-corrected chi connectivity index (χ0v) is 14.7. The Labute approximate surface area is 150 Å². The molecule has 0 aliphatic carbocycles. The fourth-order valence-electron chi connectivity index (χ4n) is 1.83. The Hall–Kier alpha value is -1.91. The number of rotatable bonds is 7. The Kier molecular flexibility index (Phi) is 6.35. The zero-order valence-electron chi connectivity index (χ0n) is 12.3. The van der Waals surface area contributed by atoms with Crippen LogP contribution in [0.15, 0.2) is 10.5 Å². The van der Waals surface area contributed by atoms with Gasteiger partial charge in [-0.1, -0.05) is 5.16 Å². The van der Waals surface area contributed by atoms with E-state index in [1.807, 2.05) is 0 Å². The van der Waals surface area contributed by atoms with E-state index in [1.165, 1.54) is 12.5 Å². The zero-order chi connectivity index (χ0) is 17.7. The van der Waals surface area contributed by atoms with Crippen molar-refractivity contribution in [2.45, 2.75) is 12.1 Å². The van der Waals surface area contributed by atoms with Crippen LogP contribution in [0.5, 0.6) is 0 Å². The largest absolute Gasteiger partial charge is 0.398 e. The second-order valence-corrected chi connectivity index (χ2v) is 6.00. The highest BCUT2D eigenvalue weighted by Gasteiger charge is 2.40. The molecule has 1 aromatic rings. The Morgan fingerprint density at radius 3 is 2.83 bits per heavy atom. The number of nitrogens with one attached hydrogen (secondary N) is 3. The van der Waals surface area contributed by atoms with E-state index in [4.69, 9.17) is 23.2 Å². The number of anilines is 1. The molecule has 1 aliphatic heterocycles. The third-order valence-electron chi connectivity index (χ3n) is 2.98. The van der Waals surface area contributed by atoms with Gasteiger partial charge in [-0.25, -0.2) is 4.98 Å². The third kappa shape index (κ3) is 4.13. The molecular weight excluding hydrogens is 381 g/mol. The topological polar surface area (TPSA) is 122 Å². The number of thiazole rings is 1. The molecule has 3 N–H and O–H groups in total.